The van der Waals surface area contributed by atoms with E-state index in [0.717, 1.165) is 57.9 Å². The predicted molar refractivity (Wildman–Crippen MR) is 158 cm³/mol. The van der Waals surface area contributed by atoms with Crippen molar-refractivity contribution in [1.82, 2.24) is 20.4 Å². The Bertz CT molecular complexity index is 1210. The summed E-state index contributed by atoms with van der Waals surface area (Å²) in [7, 11) is 0. The van der Waals surface area contributed by atoms with Gasteiger partial charge in [0, 0.05) is 64.2 Å². The van der Waals surface area contributed by atoms with Crippen LogP contribution in [0.25, 0.3) is 0 Å². The minimum absolute atomic E-state index is 0.0703. The number of piperazine rings is 1. The molecule has 4 N–H and O–H groups in total. The zero-order valence-electron chi connectivity index (χ0n) is 24.2. The van der Waals surface area contributed by atoms with Crippen LogP contribution in [0.4, 0.5) is 0 Å². The molecule has 12 nitrogen and oxygen atoms in total. The Morgan fingerprint density at radius 1 is 0.714 bits per heavy atom. The van der Waals surface area contributed by atoms with Gasteiger partial charge in [0.2, 0.25) is 5.91 Å². The zero-order valence-corrected chi connectivity index (χ0v) is 24.2. The molecule has 1 aliphatic heterocycles. The van der Waals surface area contributed by atoms with Crippen molar-refractivity contribution in [2.45, 2.75) is 26.7 Å². The first kappa shape index (κ1) is 32.2. The molecule has 2 aromatic rings. The average Bonchev–Trinajstić information content (AvgIpc) is 2.97. The predicted octanol–water partition coefficient (Wildman–Crippen LogP) is 2.01. The van der Waals surface area contributed by atoms with Gasteiger partial charge in [0.25, 0.3) is 5.91 Å². The van der Waals surface area contributed by atoms with E-state index >= 15 is 0 Å². The van der Waals surface area contributed by atoms with Crippen LogP contribution in [0, 0.1) is 10.8 Å². The molecule has 1 fully saturated rings. The van der Waals surface area contributed by atoms with Crippen molar-refractivity contribution in [2.24, 2.45) is 0 Å². The molecule has 0 radical (unpaired) electrons. The van der Waals surface area contributed by atoms with Crippen LogP contribution in [0.1, 0.15) is 37.8 Å². The van der Waals surface area contributed by atoms with Gasteiger partial charge in [0.05, 0.1) is 13.2 Å². The SMILES string of the molecule is CC(=O)NC(=N)c1ccc(OCCCN2CCN(CCCOc3ccc(C(=N)NC(=O)COC(C)=O)cc3)CC2)cc1. The van der Waals surface area contributed by atoms with Gasteiger partial charge in [-0.3, -0.25) is 25.2 Å². The van der Waals surface area contributed by atoms with E-state index in [0.29, 0.717) is 30.1 Å². The molecule has 0 spiro atoms. The molecular formula is C30H40N6O6. The third-order valence-corrected chi connectivity index (χ3v) is 6.50. The van der Waals surface area contributed by atoms with Crippen LogP contribution < -0.4 is 20.1 Å². The number of carbonyl (C=O) groups excluding carboxylic acids is 3. The van der Waals surface area contributed by atoms with Gasteiger partial charge < -0.3 is 34.6 Å². The van der Waals surface area contributed by atoms with Crippen LogP contribution in [0.15, 0.2) is 48.5 Å². The maximum atomic E-state index is 11.7. The van der Waals surface area contributed by atoms with E-state index in [4.69, 9.17) is 20.3 Å². The lowest BCUT2D eigenvalue weighted by Gasteiger charge is -2.34. The quantitative estimate of drug-likeness (QED) is 0.114. The van der Waals surface area contributed by atoms with Crippen molar-refractivity contribution in [3.05, 3.63) is 59.7 Å². The van der Waals surface area contributed by atoms with Gasteiger partial charge in [-0.05, 0) is 61.4 Å². The molecular weight excluding hydrogens is 540 g/mol. The number of hydrogen-bond donors (Lipinski definition) is 4. The first-order valence-corrected chi connectivity index (χ1v) is 14.0. The number of nitrogens with one attached hydrogen (secondary N) is 4. The molecule has 2 aromatic carbocycles. The molecule has 3 rings (SSSR count). The van der Waals surface area contributed by atoms with E-state index in [2.05, 4.69) is 25.2 Å². The van der Waals surface area contributed by atoms with Crippen LogP contribution in [0.5, 0.6) is 11.5 Å². The molecule has 226 valence electrons. The molecule has 0 atom stereocenters. The maximum absolute atomic E-state index is 11.7. The molecule has 0 saturated carbocycles. The summed E-state index contributed by atoms with van der Waals surface area (Å²) in [5.74, 6) is 0.0783. The minimum atomic E-state index is -0.562. The number of benzene rings is 2. The van der Waals surface area contributed by atoms with E-state index in [9.17, 15) is 14.4 Å². The monoisotopic (exact) mass is 580 g/mol. The molecule has 1 heterocycles. The minimum Gasteiger partial charge on any atom is -0.494 e. The molecule has 42 heavy (non-hydrogen) atoms. The summed E-state index contributed by atoms with van der Waals surface area (Å²) in [6.45, 7) is 9.39. The number of carbonyl (C=O) groups is 3. The van der Waals surface area contributed by atoms with Crippen molar-refractivity contribution in [3.63, 3.8) is 0 Å². The van der Waals surface area contributed by atoms with Crippen LogP contribution in [0.2, 0.25) is 0 Å². The maximum Gasteiger partial charge on any atom is 0.303 e. The summed E-state index contributed by atoms with van der Waals surface area (Å²) in [6.07, 6.45) is 1.83. The summed E-state index contributed by atoms with van der Waals surface area (Å²) in [4.78, 5) is 38.5. The second-order valence-corrected chi connectivity index (χ2v) is 9.90. The second-order valence-electron chi connectivity index (χ2n) is 9.90. The second kappa shape index (κ2) is 16.8. The molecule has 0 unspecified atom stereocenters. The number of nitrogens with zero attached hydrogens (tertiary/aromatic N) is 2. The molecule has 1 saturated heterocycles. The van der Waals surface area contributed by atoms with Crippen LogP contribution >= 0.6 is 0 Å². The fraction of sp³-hybridized carbons (Fsp3) is 0.433. The van der Waals surface area contributed by atoms with Gasteiger partial charge in [-0.1, -0.05) is 0 Å². The van der Waals surface area contributed by atoms with Crippen LogP contribution in [-0.2, 0) is 19.1 Å². The highest BCUT2D eigenvalue weighted by Gasteiger charge is 2.16. The van der Waals surface area contributed by atoms with Gasteiger partial charge in [-0.25, -0.2) is 0 Å². The van der Waals surface area contributed by atoms with E-state index < -0.39 is 18.5 Å². The molecule has 0 bridgehead atoms. The third-order valence-electron chi connectivity index (χ3n) is 6.50. The largest absolute Gasteiger partial charge is 0.494 e. The number of ether oxygens (including phenoxy) is 3. The van der Waals surface area contributed by atoms with Gasteiger partial charge in [-0.15, -0.1) is 0 Å². The van der Waals surface area contributed by atoms with Crippen LogP contribution in [-0.4, -0.2) is 98.3 Å². The van der Waals surface area contributed by atoms with Crippen molar-refractivity contribution >= 4 is 29.5 Å². The number of amides is 2. The van der Waals surface area contributed by atoms with Crippen molar-refractivity contribution in [3.8, 4) is 11.5 Å². The first-order chi connectivity index (χ1) is 20.2. The summed E-state index contributed by atoms with van der Waals surface area (Å²) in [6, 6.07) is 14.1. The van der Waals surface area contributed by atoms with E-state index in [1.54, 1.807) is 36.4 Å². The smallest absolute Gasteiger partial charge is 0.303 e. The van der Waals surface area contributed by atoms with Gasteiger partial charge in [-0.2, -0.15) is 0 Å². The van der Waals surface area contributed by atoms with Crippen molar-refractivity contribution < 1.29 is 28.6 Å². The van der Waals surface area contributed by atoms with Gasteiger partial charge in [0.1, 0.15) is 23.2 Å². The van der Waals surface area contributed by atoms with Gasteiger partial charge in [0.15, 0.2) is 6.61 Å². The number of hydrogen-bond acceptors (Lipinski definition) is 10. The highest BCUT2D eigenvalue weighted by Crippen LogP contribution is 2.14. The zero-order chi connectivity index (χ0) is 30.3. The van der Waals surface area contributed by atoms with Crippen LogP contribution in [0.3, 0.4) is 0 Å². The summed E-state index contributed by atoms with van der Waals surface area (Å²) in [5.41, 5.74) is 1.16. The fourth-order valence-electron chi connectivity index (χ4n) is 4.29. The first-order valence-electron chi connectivity index (χ1n) is 14.0. The Labute approximate surface area is 246 Å². The van der Waals surface area contributed by atoms with E-state index in [1.807, 2.05) is 12.1 Å². The molecule has 12 heteroatoms. The average molecular weight is 581 g/mol. The Morgan fingerprint density at radius 2 is 1.14 bits per heavy atom. The Kier molecular flexibility index (Phi) is 12.9. The summed E-state index contributed by atoms with van der Waals surface area (Å²) in [5, 5.41) is 20.7. The highest BCUT2D eigenvalue weighted by atomic mass is 16.5. The standard InChI is InChI=1S/C30H40N6O6/c1-22(37)33-29(31)24-5-9-26(10-6-24)40-19-3-13-35-15-17-36(18-16-35)14-4-20-41-27-11-7-25(8-12-27)30(32)34-28(39)21-42-23(2)38/h5-12H,3-4,13-21H2,1-2H3,(H2,31,33,37)(H2,32,34,39). The normalized spacial score (nSPS) is 13.6. The molecule has 0 aliphatic carbocycles. The lowest BCUT2D eigenvalue weighted by molar-refractivity contribution is -0.145. The Morgan fingerprint density at radius 3 is 1.55 bits per heavy atom. The summed E-state index contributed by atoms with van der Waals surface area (Å²) < 4.78 is 16.3. The Balaban J connectivity index is 1.23. The molecule has 1 aliphatic rings. The lowest BCUT2D eigenvalue weighted by Crippen LogP contribution is -2.47. The van der Waals surface area contributed by atoms with Crippen molar-refractivity contribution in [1.29, 1.82) is 10.8 Å². The van der Waals surface area contributed by atoms with E-state index in [1.165, 1.54) is 13.8 Å². The fourth-order valence-corrected chi connectivity index (χ4v) is 4.29. The van der Waals surface area contributed by atoms with E-state index in [-0.39, 0.29) is 17.6 Å². The molecule has 0 aromatic heterocycles. The number of esters is 1. The number of amidine groups is 2. The third kappa shape index (κ3) is 11.7. The number of rotatable bonds is 14. The Hall–Kier alpha value is -4.29. The highest BCUT2D eigenvalue weighted by molar-refractivity contribution is 6.07. The van der Waals surface area contributed by atoms with Gasteiger partial charge >= 0.3 is 5.97 Å². The molecule has 2 amide bonds. The lowest BCUT2D eigenvalue weighted by atomic mass is 10.2. The summed E-state index contributed by atoms with van der Waals surface area (Å²) >= 11 is 0. The topological polar surface area (TPSA) is 157 Å². The van der Waals surface area contributed by atoms with Crippen molar-refractivity contribution in [2.75, 3.05) is 59.1 Å².